The largest absolute Gasteiger partial charge is 0.381 e. The van der Waals surface area contributed by atoms with Gasteiger partial charge in [-0.25, -0.2) is 9.97 Å². The van der Waals surface area contributed by atoms with Gasteiger partial charge in [0.25, 0.3) is 0 Å². The summed E-state index contributed by atoms with van der Waals surface area (Å²) in [5.41, 5.74) is 9.86. The highest BCUT2D eigenvalue weighted by atomic mass is 35.5. The van der Waals surface area contributed by atoms with Crippen molar-refractivity contribution in [1.82, 2.24) is 20.2 Å². The van der Waals surface area contributed by atoms with Gasteiger partial charge in [-0.3, -0.25) is 4.90 Å². The minimum atomic E-state index is 0.330. The van der Waals surface area contributed by atoms with E-state index in [-0.39, 0.29) is 0 Å². The van der Waals surface area contributed by atoms with Crippen molar-refractivity contribution in [3.8, 4) is 11.3 Å². The molecule has 2 heterocycles. The molecule has 6 nitrogen and oxygen atoms in total. The molecule has 8 heteroatoms. The molecule has 0 bridgehead atoms. The highest BCUT2D eigenvalue weighted by molar-refractivity contribution is 6.36. The van der Waals surface area contributed by atoms with Gasteiger partial charge in [0.05, 0.1) is 11.9 Å². The second-order valence-corrected chi connectivity index (χ2v) is 8.64. The van der Waals surface area contributed by atoms with Crippen molar-refractivity contribution in [3.05, 3.63) is 69.8 Å². The van der Waals surface area contributed by atoms with Crippen molar-refractivity contribution in [2.75, 3.05) is 30.7 Å². The summed E-state index contributed by atoms with van der Waals surface area (Å²) >= 11 is 12.5. The van der Waals surface area contributed by atoms with E-state index in [0.29, 0.717) is 34.3 Å². The maximum Gasteiger partial charge on any atom is 0.169 e. The molecule has 4 rings (SSSR count). The predicted octanol–water partition coefficient (Wildman–Crippen LogP) is 4.44. The Hall–Kier alpha value is -2.38. The van der Waals surface area contributed by atoms with E-state index in [1.54, 1.807) is 18.3 Å². The van der Waals surface area contributed by atoms with Crippen LogP contribution in [0.3, 0.4) is 0 Å². The van der Waals surface area contributed by atoms with Gasteiger partial charge in [-0.15, -0.1) is 0 Å². The van der Waals surface area contributed by atoms with Crippen LogP contribution in [0.4, 0.5) is 11.6 Å². The number of nitrogens with two attached hydrogens (primary N) is 1. The standard InChI is InChI=1S/C23H26Cl2N6/c1-15-13-31(10-9-27-15)14-16-5-7-17(8-6-16)21-12-28-22(26)23(30-21)29-11-18-19(24)3-2-4-20(18)25/h2-8,12,15,27H,9-11,13-14H2,1H3,(H2,26,28)(H,29,30). The minimum Gasteiger partial charge on any atom is -0.381 e. The number of nitrogens with zero attached hydrogens (tertiary/aromatic N) is 3. The Morgan fingerprint density at radius 2 is 1.90 bits per heavy atom. The lowest BCUT2D eigenvalue weighted by Gasteiger charge is -2.31. The summed E-state index contributed by atoms with van der Waals surface area (Å²) in [5.74, 6) is 0.837. The molecule has 1 saturated heterocycles. The summed E-state index contributed by atoms with van der Waals surface area (Å²) in [6, 6.07) is 14.4. The highest BCUT2D eigenvalue weighted by Gasteiger charge is 2.15. The first-order valence-corrected chi connectivity index (χ1v) is 11.1. The molecule has 0 saturated carbocycles. The van der Waals surface area contributed by atoms with E-state index >= 15 is 0 Å². The molecule has 3 aromatic rings. The Labute approximate surface area is 192 Å². The summed E-state index contributed by atoms with van der Waals surface area (Å²) in [6.07, 6.45) is 1.69. The van der Waals surface area contributed by atoms with Crippen molar-refractivity contribution in [1.29, 1.82) is 0 Å². The summed E-state index contributed by atoms with van der Waals surface area (Å²) in [5, 5.41) is 7.88. The fraction of sp³-hybridized carbons (Fsp3) is 0.304. The van der Waals surface area contributed by atoms with Crippen LogP contribution in [0, 0.1) is 0 Å². The van der Waals surface area contributed by atoms with Crippen LogP contribution < -0.4 is 16.4 Å². The number of aromatic nitrogens is 2. The lowest BCUT2D eigenvalue weighted by molar-refractivity contribution is 0.199. The Kier molecular flexibility index (Phi) is 6.92. The van der Waals surface area contributed by atoms with Crippen LogP contribution in [0.15, 0.2) is 48.7 Å². The molecule has 162 valence electrons. The molecule has 31 heavy (non-hydrogen) atoms. The molecule has 1 aliphatic rings. The molecule has 0 spiro atoms. The van der Waals surface area contributed by atoms with E-state index in [2.05, 4.69) is 56.7 Å². The second kappa shape index (κ2) is 9.83. The van der Waals surface area contributed by atoms with Gasteiger partial charge in [0.15, 0.2) is 11.6 Å². The smallest absolute Gasteiger partial charge is 0.169 e. The van der Waals surface area contributed by atoms with Gasteiger partial charge >= 0.3 is 0 Å². The fourth-order valence-electron chi connectivity index (χ4n) is 3.74. The van der Waals surface area contributed by atoms with Crippen LogP contribution in [0.1, 0.15) is 18.1 Å². The minimum absolute atomic E-state index is 0.330. The third kappa shape index (κ3) is 5.46. The lowest BCUT2D eigenvalue weighted by Crippen LogP contribution is -2.48. The van der Waals surface area contributed by atoms with Crippen molar-refractivity contribution in [2.24, 2.45) is 0 Å². The quantitative estimate of drug-likeness (QED) is 0.508. The predicted molar refractivity (Wildman–Crippen MR) is 128 cm³/mol. The number of hydrogen-bond acceptors (Lipinski definition) is 6. The van der Waals surface area contributed by atoms with E-state index in [9.17, 15) is 0 Å². The monoisotopic (exact) mass is 456 g/mol. The Morgan fingerprint density at radius 3 is 2.61 bits per heavy atom. The zero-order chi connectivity index (χ0) is 21.8. The zero-order valence-corrected chi connectivity index (χ0v) is 18.9. The summed E-state index contributed by atoms with van der Waals surface area (Å²) < 4.78 is 0. The van der Waals surface area contributed by atoms with Gasteiger partial charge in [0.1, 0.15) is 0 Å². The molecule has 2 aromatic carbocycles. The van der Waals surface area contributed by atoms with Crippen LogP contribution in [-0.2, 0) is 13.1 Å². The number of benzene rings is 2. The molecule has 1 atom stereocenters. The lowest BCUT2D eigenvalue weighted by atomic mass is 10.1. The number of nitrogen functional groups attached to an aromatic ring is 1. The number of rotatable bonds is 6. The number of anilines is 2. The van der Waals surface area contributed by atoms with Crippen molar-refractivity contribution in [3.63, 3.8) is 0 Å². The van der Waals surface area contributed by atoms with Crippen LogP contribution >= 0.6 is 23.2 Å². The molecule has 1 aliphatic heterocycles. The third-order valence-corrected chi connectivity index (χ3v) is 6.11. The molecule has 0 amide bonds. The van der Waals surface area contributed by atoms with Gasteiger partial charge in [-0.2, -0.15) is 0 Å². The first-order chi connectivity index (χ1) is 15.0. The van der Waals surface area contributed by atoms with Crippen molar-refractivity contribution >= 4 is 34.8 Å². The topological polar surface area (TPSA) is 79.1 Å². The van der Waals surface area contributed by atoms with E-state index in [1.807, 2.05) is 6.07 Å². The summed E-state index contributed by atoms with van der Waals surface area (Å²) in [6.45, 7) is 6.75. The number of hydrogen-bond donors (Lipinski definition) is 3. The molecule has 1 aromatic heterocycles. The van der Waals surface area contributed by atoms with E-state index in [1.165, 1.54) is 5.56 Å². The van der Waals surface area contributed by atoms with Crippen LogP contribution in [-0.4, -0.2) is 40.5 Å². The van der Waals surface area contributed by atoms with E-state index in [4.69, 9.17) is 28.9 Å². The van der Waals surface area contributed by atoms with Gasteiger partial charge in [0, 0.05) is 59.9 Å². The molecule has 0 radical (unpaired) electrons. The Bertz CT molecular complexity index is 1020. The SMILES string of the molecule is CC1CN(Cc2ccc(-c3cnc(N)c(NCc4c(Cl)cccc4Cl)n3)cc2)CCN1. The van der Waals surface area contributed by atoms with Crippen LogP contribution in [0.2, 0.25) is 10.0 Å². The highest BCUT2D eigenvalue weighted by Crippen LogP contribution is 2.27. The van der Waals surface area contributed by atoms with E-state index in [0.717, 1.165) is 43.0 Å². The van der Waals surface area contributed by atoms with Gasteiger partial charge in [0.2, 0.25) is 0 Å². The first kappa shape index (κ1) is 21.8. The molecule has 0 aliphatic carbocycles. The van der Waals surface area contributed by atoms with Gasteiger partial charge < -0.3 is 16.4 Å². The number of nitrogens with one attached hydrogen (secondary N) is 2. The summed E-state index contributed by atoms with van der Waals surface area (Å²) in [4.78, 5) is 11.5. The second-order valence-electron chi connectivity index (χ2n) is 7.83. The van der Waals surface area contributed by atoms with E-state index < -0.39 is 0 Å². The maximum absolute atomic E-state index is 6.26. The molecular weight excluding hydrogens is 431 g/mol. The van der Waals surface area contributed by atoms with Crippen molar-refractivity contribution < 1.29 is 0 Å². The number of halogens is 2. The summed E-state index contributed by atoms with van der Waals surface area (Å²) in [7, 11) is 0. The van der Waals surface area contributed by atoms with Crippen LogP contribution in [0.25, 0.3) is 11.3 Å². The third-order valence-electron chi connectivity index (χ3n) is 5.40. The Balaban J connectivity index is 1.46. The molecule has 4 N–H and O–H groups in total. The van der Waals surface area contributed by atoms with Crippen LogP contribution in [0.5, 0.6) is 0 Å². The van der Waals surface area contributed by atoms with Crippen molar-refractivity contribution in [2.45, 2.75) is 26.1 Å². The zero-order valence-electron chi connectivity index (χ0n) is 17.4. The first-order valence-electron chi connectivity index (χ1n) is 10.3. The number of piperazine rings is 1. The molecular formula is C23H26Cl2N6. The normalized spacial score (nSPS) is 16.9. The average Bonchev–Trinajstić information content (AvgIpc) is 2.75. The fourth-order valence-corrected chi connectivity index (χ4v) is 4.27. The van der Waals surface area contributed by atoms with Gasteiger partial charge in [-0.05, 0) is 24.6 Å². The Morgan fingerprint density at radius 1 is 1.16 bits per heavy atom. The average molecular weight is 457 g/mol. The molecule has 1 fully saturated rings. The maximum atomic E-state index is 6.26. The van der Waals surface area contributed by atoms with Gasteiger partial charge in [-0.1, -0.05) is 53.5 Å². The molecule has 1 unspecified atom stereocenters.